The van der Waals surface area contributed by atoms with Gasteiger partial charge >= 0.3 is 12.0 Å². The van der Waals surface area contributed by atoms with Crippen molar-refractivity contribution in [3.05, 3.63) is 23.2 Å². The molecule has 2 amide bonds. The Hall–Kier alpha value is -2.42. The minimum atomic E-state index is -1.04. The van der Waals surface area contributed by atoms with E-state index >= 15 is 0 Å². The smallest absolute Gasteiger partial charge is 0.339 e. The number of amides is 2. The van der Waals surface area contributed by atoms with Crippen LogP contribution in [0.2, 0.25) is 0 Å². The van der Waals surface area contributed by atoms with E-state index in [0.717, 1.165) is 12.8 Å². The molecule has 112 valence electrons. The number of carboxylic acid groups (broad SMARTS) is 1. The molecule has 0 aromatic carbocycles. The topological polar surface area (TPSA) is 82.8 Å². The molecule has 0 spiro atoms. The Balaban J connectivity index is 1.91. The van der Waals surface area contributed by atoms with Gasteiger partial charge in [-0.3, -0.25) is 0 Å². The minimum absolute atomic E-state index is 0.109. The molecule has 1 saturated carbocycles. The first kappa shape index (κ1) is 15.0. The van der Waals surface area contributed by atoms with Crippen LogP contribution in [0.15, 0.2) is 10.5 Å². The van der Waals surface area contributed by atoms with Crippen LogP contribution in [0.25, 0.3) is 0 Å². The van der Waals surface area contributed by atoms with Crippen LogP contribution in [0, 0.1) is 25.2 Å². The highest BCUT2D eigenvalue weighted by Gasteiger charge is 2.26. The molecule has 0 saturated heterocycles. The molecule has 2 N–H and O–H groups in total. The number of hydrogen-bond donors (Lipinski definition) is 2. The lowest BCUT2D eigenvalue weighted by atomic mass is 10.2. The lowest BCUT2D eigenvalue weighted by Crippen LogP contribution is -2.41. The van der Waals surface area contributed by atoms with Crippen molar-refractivity contribution in [2.45, 2.75) is 26.3 Å². The molecule has 1 fully saturated rings. The van der Waals surface area contributed by atoms with E-state index in [2.05, 4.69) is 11.2 Å². The van der Waals surface area contributed by atoms with Gasteiger partial charge in [0.15, 0.2) is 0 Å². The van der Waals surface area contributed by atoms with E-state index in [4.69, 9.17) is 15.9 Å². The van der Waals surface area contributed by atoms with Crippen LogP contribution >= 0.6 is 0 Å². The summed E-state index contributed by atoms with van der Waals surface area (Å²) in [5.41, 5.74) is 0.109. The van der Waals surface area contributed by atoms with E-state index in [1.807, 2.05) is 0 Å². The van der Waals surface area contributed by atoms with Crippen molar-refractivity contribution >= 4 is 12.0 Å². The molecule has 1 aliphatic rings. The van der Waals surface area contributed by atoms with Crippen molar-refractivity contribution in [1.82, 2.24) is 10.2 Å². The summed E-state index contributed by atoms with van der Waals surface area (Å²) in [5, 5.41) is 11.6. The Morgan fingerprint density at radius 2 is 2.29 bits per heavy atom. The summed E-state index contributed by atoms with van der Waals surface area (Å²) < 4.78 is 5.31. The molecular weight excluding hydrogens is 272 g/mol. The summed E-state index contributed by atoms with van der Waals surface area (Å²) in [6.45, 7) is 2.64. The van der Waals surface area contributed by atoms with E-state index in [1.165, 1.54) is 6.07 Å². The van der Waals surface area contributed by atoms with Crippen molar-refractivity contribution < 1.29 is 19.1 Å². The normalized spacial score (nSPS) is 13.5. The van der Waals surface area contributed by atoms with E-state index < -0.39 is 5.97 Å². The van der Waals surface area contributed by atoms with E-state index in [-0.39, 0.29) is 24.7 Å². The van der Waals surface area contributed by atoms with Gasteiger partial charge in [-0.1, -0.05) is 5.92 Å². The second-order valence-electron chi connectivity index (χ2n) is 5.17. The SMILES string of the molecule is C#CCN(CC1CC1)C(=O)NCc1cc(C(=O)O)c(C)o1. The van der Waals surface area contributed by atoms with Gasteiger partial charge in [-0.25, -0.2) is 9.59 Å². The van der Waals surface area contributed by atoms with Gasteiger partial charge in [0, 0.05) is 6.54 Å². The van der Waals surface area contributed by atoms with Crippen LogP contribution in [-0.4, -0.2) is 35.1 Å². The molecular formula is C15H18N2O4. The fourth-order valence-electron chi connectivity index (χ4n) is 2.06. The zero-order valence-electron chi connectivity index (χ0n) is 11.9. The summed E-state index contributed by atoms with van der Waals surface area (Å²) >= 11 is 0. The lowest BCUT2D eigenvalue weighted by Gasteiger charge is -2.20. The zero-order valence-corrected chi connectivity index (χ0v) is 11.9. The van der Waals surface area contributed by atoms with Crippen LogP contribution in [0.1, 0.15) is 34.7 Å². The molecule has 0 radical (unpaired) electrons. The molecule has 0 atom stereocenters. The third kappa shape index (κ3) is 4.02. The molecule has 21 heavy (non-hydrogen) atoms. The second-order valence-corrected chi connectivity index (χ2v) is 5.17. The molecule has 6 nitrogen and oxygen atoms in total. The highest BCUT2D eigenvalue weighted by atomic mass is 16.4. The summed E-state index contributed by atoms with van der Waals surface area (Å²) in [5.74, 6) is 2.71. The standard InChI is InChI=1S/C15H18N2O4/c1-3-6-17(9-11-4-5-11)15(20)16-8-12-7-13(14(18)19)10(2)21-12/h1,7,11H,4-6,8-9H2,2H3,(H,16,20)(H,18,19). The first-order valence-corrected chi connectivity index (χ1v) is 6.80. The van der Waals surface area contributed by atoms with Crippen LogP contribution in [0.4, 0.5) is 4.79 Å². The van der Waals surface area contributed by atoms with Crippen molar-refractivity contribution in [3.63, 3.8) is 0 Å². The summed E-state index contributed by atoms with van der Waals surface area (Å²) in [7, 11) is 0. The summed E-state index contributed by atoms with van der Waals surface area (Å²) in [6.07, 6.45) is 7.54. The van der Waals surface area contributed by atoms with Crippen LogP contribution in [0.5, 0.6) is 0 Å². The Bertz CT molecular complexity index is 581. The van der Waals surface area contributed by atoms with Crippen molar-refractivity contribution in [2.75, 3.05) is 13.1 Å². The Kier molecular flexibility index (Phi) is 4.53. The molecule has 1 aliphatic carbocycles. The third-order valence-corrected chi connectivity index (χ3v) is 3.36. The molecule has 2 rings (SSSR count). The molecule has 0 aliphatic heterocycles. The Labute approximate surface area is 123 Å². The number of nitrogens with zero attached hydrogens (tertiary/aromatic N) is 1. The molecule has 1 aromatic rings. The van der Waals surface area contributed by atoms with Gasteiger partial charge in [-0.2, -0.15) is 0 Å². The van der Waals surface area contributed by atoms with Crippen molar-refractivity contribution in [2.24, 2.45) is 5.92 Å². The number of aryl methyl sites for hydroxylation is 1. The summed E-state index contributed by atoms with van der Waals surface area (Å²) in [4.78, 5) is 24.6. The summed E-state index contributed by atoms with van der Waals surface area (Å²) in [6, 6.07) is 1.16. The number of aromatic carboxylic acids is 1. The Morgan fingerprint density at radius 1 is 1.57 bits per heavy atom. The number of hydrogen-bond acceptors (Lipinski definition) is 3. The van der Waals surface area contributed by atoms with E-state index in [1.54, 1.807) is 11.8 Å². The molecule has 6 heteroatoms. The molecule has 0 bridgehead atoms. The van der Waals surface area contributed by atoms with Gasteiger partial charge in [0.1, 0.15) is 17.1 Å². The van der Waals surface area contributed by atoms with Crippen molar-refractivity contribution in [1.29, 1.82) is 0 Å². The number of furan rings is 1. The zero-order chi connectivity index (χ0) is 15.4. The maximum absolute atomic E-state index is 12.1. The van der Waals surface area contributed by atoms with Gasteiger partial charge < -0.3 is 19.7 Å². The maximum atomic E-state index is 12.1. The van der Waals surface area contributed by atoms with E-state index in [0.29, 0.717) is 24.0 Å². The highest BCUT2D eigenvalue weighted by Crippen LogP contribution is 2.29. The predicted octanol–water partition coefficient (Wildman–Crippen LogP) is 1.84. The van der Waals surface area contributed by atoms with Gasteiger partial charge in [0.05, 0.1) is 13.1 Å². The number of carbonyl (C=O) groups excluding carboxylic acids is 1. The first-order valence-electron chi connectivity index (χ1n) is 6.80. The molecule has 0 unspecified atom stereocenters. The molecule has 1 heterocycles. The Morgan fingerprint density at radius 3 is 2.81 bits per heavy atom. The van der Waals surface area contributed by atoms with Gasteiger partial charge in [0.25, 0.3) is 0 Å². The number of nitrogens with one attached hydrogen (secondary N) is 1. The number of carboxylic acids is 1. The quantitative estimate of drug-likeness (QED) is 0.783. The van der Waals surface area contributed by atoms with Crippen LogP contribution in [-0.2, 0) is 6.54 Å². The fourth-order valence-corrected chi connectivity index (χ4v) is 2.06. The highest BCUT2D eigenvalue weighted by molar-refractivity contribution is 5.88. The third-order valence-electron chi connectivity index (χ3n) is 3.36. The van der Waals surface area contributed by atoms with Gasteiger partial charge in [0.2, 0.25) is 0 Å². The fraction of sp³-hybridized carbons (Fsp3) is 0.467. The number of rotatable bonds is 6. The number of urea groups is 1. The number of terminal acetylenes is 1. The lowest BCUT2D eigenvalue weighted by molar-refractivity contribution is 0.0695. The largest absolute Gasteiger partial charge is 0.478 e. The minimum Gasteiger partial charge on any atom is -0.478 e. The second kappa shape index (κ2) is 6.35. The predicted molar refractivity (Wildman–Crippen MR) is 75.8 cm³/mol. The van der Waals surface area contributed by atoms with Crippen molar-refractivity contribution in [3.8, 4) is 12.3 Å². The van der Waals surface area contributed by atoms with Gasteiger partial charge in [-0.05, 0) is 31.7 Å². The first-order chi connectivity index (χ1) is 10.0. The van der Waals surface area contributed by atoms with E-state index in [9.17, 15) is 9.59 Å². The molecule has 1 aromatic heterocycles. The van der Waals surface area contributed by atoms with Crippen LogP contribution < -0.4 is 5.32 Å². The van der Waals surface area contributed by atoms with Gasteiger partial charge in [-0.15, -0.1) is 6.42 Å². The average molecular weight is 290 g/mol. The average Bonchev–Trinajstić information content (AvgIpc) is 3.16. The monoisotopic (exact) mass is 290 g/mol. The number of carbonyl (C=O) groups is 2. The van der Waals surface area contributed by atoms with Crippen LogP contribution in [0.3, 0.4) is 0 Å². The maximum Gasteiger partial charge on any atom is 0.339 e.